The quantitative estimate of drug-likeness (QED) is 0.415. The second kappa shape index (κ2) is 3.13. The zero-order valence-electron chi connectivity index (χ0n) is 9.64. The van der Waals surface area contributed by atoms with Crippen molar-refractivity contribution >= 4 is 11.8 Å². The van der Waals surface area contributed by atoms with Crippen molar-refractivity contribution in [3.05, 3.63) is 35.6 Å². The van der Waals surface area contributed by atoms with Gasteiger partial charge in [0.05, 0.1) is 11.0 Å². The Balaban J connectivity index is 3.64. The van der Waals surface area contributed by atoms with Crippen LogP contribution in [0.4, 0.5) is 4.39 Å². The van der Waals surface area contributed by atoms with Gasteiger partial charge in [0.15, 0.2) is 0 Å². The molecule has 0 amide bonds. The second-order valence-corrected chi connectivity index (χ2v) is 1.82. The summed E-state index contributed by atoms with van der Waals surface area (Å²) in [6.07, 6.45) is 0. The van der Waals surface area contributed by atoms with Gasteiger partial charge in [-0.05, 0) is 12.1 Å². The number of carbonyl (C=O) groups excluding carboxylic acids is 1. The van der Waals surface area contributed by atoms with Gasteiger partial charge in [-0.15, -0.1) is 0 Å². The first-order chi connectivity index (χ1) is 7.29. The van der Waals surface area contributed by atoms with Gasteiger partial charge < -0.3 is 5.11 Å². The van der Waals surface area contributed by atoms with Crippen LogP contribution in [0.3, 0.4) is 0 Å². The number of hydrogen-bond acceptors (Lipinski definition) is 2. The number of hydrogen-bond donors (Lipinski definition) is 1. The third-order valence-corrected chi connectivity index (χ3v) is 1.06. The molecule has 1 N–H and O–H groups in total. The minimum Gasteiger partial charge on any atom is -0.475 e. The summed E-state index contributed by atoms with van der Waals surface area (Å²) < 4.78 is 41.8. The number of carbonyl (C=O) groups is 2. The molecule has 62 valence electrons. The summed E-state index contributed by atoms with van der Waals surface area (Å²) in [6.45, 7) is 0. The summed E-state index contributed by atoms with van der Waals surface area (Å²) in [5.41, 5.74) is -1.15. The molecule has 0 bridgehead atoms. The molecule has 0 aliphatic carbocycles. The van der Waals surface area contributed by atoms with Gasteiger partial charge in [-0.2, -0.15) is 0 Å². The normalized spacial score (nSPS) is 14.1. The van der Waals surface area contributed by atoms with Crippen molar-refractivity contribution in [2.75, 3.05) is 0 Å². The van der Waals surface area contributed by atoms with Crippen molar-refractivity contribution in [3.63, 3.8) is 0 Å². The van der Waals surface area contributed by atoms with Crippen LogP contribution in [0.1, 0.15) is 15.8 Å². The highest BCUT2D eigenvalue weighted by Crippen LogP contribution is 2.06. The van der Waals surface area contributed by atoms with Gasteiger partial charge >= 0.3 is 5.97 Å². The Hall–Kier alpha value is -1.71. The predicted molar refractivity (Wildman–Crippen MR) is 38.4 cm³/mol. The lowest BCUT2D eigenvalue weighted by Crippen LogP contribution is -2.14. The van der Waals surface area contributed by atoms with Crippen molar-refractivity contribution in [1.29, 1.82) is 0 Å². The van der Waals surface area contributed by atoms with Gasteiger partial charge in [0.1, 0.15) is 5.82 Å². The molecule has 0 saturated carbocycles. The van der Waals surface area contributed by atoms with Gasteiger partial charge in [0, 0.05) is 0 Å². The lowest BCUT2D eigenvalue weighted by atomic mass is 10.3. The summed E-state index contributed by atoms with van der Waals surface area (Å²) >= 11 is 0. The average molecular weight is 174 g/mol. The van der Waals surface area contributed by atoms with E-state index in [1.165, 1.54) is 0 Å². The summed E-state index contributed by atoms with van der Waals surface area (Å²) in [7, 11) is 0. The lowest BCUT2D eigenvalue weighted by molar-refractivity contribution is -0.131. The van der Waals surface area contributed by atoms with Crippen molar-refractivity contribution in [2.45, 2.75) is 0 Å². The molecule has 0 heterocycles. The molecular formula is C8H5FO3. The van der Waals surface area contributed by atoms with E-state index < -0.39 is 47.3 Å². The average Bonchev–Trinajstić information content (AvgIpc) is 2.23. The number of benzene rings is 1. The van der Waals surface area contributed by atoms with E-state index in [4.69, 9.17) is 10.6 Å². The Morgan fingerprint density at radius 3 is 2.58 bits per heavy atom. The number of carboxylic acids is 1. The van der Waals surface area contributed by atoms with Crippen LogP contribution in [0, 0.1) is 5.82 Å². The van der Waals surface area contributed by atoms with E-state index in [0.717, 1.165) is 0 Å². The zero-order chi connectivity index (χ0) is 12.6. The highest BCUT2D eigenvalue weighted by atomic mass is 19.1. The van der Waals surface area contributed by atoms with Crippen LogP contribution in [0.2, 0.25) is 0 Å². The lowest BCUT2D eigenvalue weighted by Gasteiger charge is -1.95. The molecule has 1 aromatic carbocycles. The van der Waals surface area contributed by atoms with Crippen molar-refractivity contribution in [1.82, 2.24) is 0 Å². The monoisotopic (exact) mass is 174 g/mol. The third kappa shape index (κ3) is 1.47. The maximum absolute atomic E-state index is 13.3. The second-order valence-electron chi connectivity index (χ2n) is 1.82. The van der Waals surface area contributed by atoms with Crippen LogP contribution in [-0.4, -0.2) is 16.9 Å². The minimum atomic E-state index is -1.98. The van der Waals surface area contributed by atoms with Crippen LogP contribution in [0.15, 0.2) is 24.2 Å². The van der Waals surface area contributed by atoms with Crippen LogP contribution in [0.5, 0.6) is 0 Å². The minimum absolute atomic E-state index is 0.851. The first-order valence-corrected chi connectivity index (χ1v) is 2.82. The van der Waals surface area contributed by atoms with Crippen molar-refractivity contribution in [3.8, 4) is 0 Å². The van der Waals surface area contributed by atoms with E-state index in [1.807, 2.05) is 0 Å². The summed E-state index contributed by atoms with van der Waals surface area (Å²) in [6, 6.07) is -3.77. The van der Waals surface area contributed by atoms with Gasteiger partial charge in [-0.1, -0.05) is 12.1 Å². The molecule has 0 saturated heterocycles. The molecule has 0 aromatic heterocycles. The van der Waals surface area contributed by atoms with E-state index in [2.05, 4.69) is 0 Å². The van der Waals surface area contributed by atoms with Crippen LogP contribution >= 0.6 is 0 Å². The van der Waals surface area contributed by atoms with Crippen LogP contribution in [-0.2, 0) is 4.79 Å². The fraction of sp³-hybridized carbons (Fsp3) is 0. The summed E-state index contributed by atoms with van der Waals surface area (Å²) in [4.78, 5) is 21.4. The molecule has 12 heavy (non-hydrogen) atoms. The molecule has 1 rings (SSSR count). The Labute approximate surface area is 73.1 Å². The predicted octanol–water partition coefficient (Wildman–Crippen LogP) is 1.09. The highest BCUT2D eigenvalue weighted by molar-refractivity contribution is 6.39. The Bertz CT molecular complexity index is 472. The number of ketones is 1. The van der Waals surface area contributed by atoms with Gasteiger partial charge in [-0.25, -0.2) is 9.18 Å². The van der Waals surface area contributed by atoms with E-state index in [0.29, 0.717) is 0 Å². The molecular weight excluding hydrogens is 165 g/mol. The maximum Gasteiger partial charge on any atom is 0.377 e. The molecule has 0 spiro atoms. The van der Waals surface area contributed by atoms with E-state index in [-0.39, 0.29) is 0 Å². The third-order valence-electron chi connectivity index (χ3n) is 1.06. The first-order valence-electron chi connectivity index (χ1n) is 4.82. The van der Waals surface area contributed by atoms with E-state index in [1.54, 1.807) is 0 Å². The van der Waals surface area contributed by atoms with Crippen LogP contribution < -0.4 is 0 Å². The largest absolute Gasteiger partial charge is 0.475 e. The molecule has 0 unspecified atom stereocenters. The SMILES string of the molecule is [2H]c1c([2H])c([2H])c([13C](=O)[13C](=O)O)c(F)c1[2H]. The zero-order valence-corrected chi connectivity index (χ0v) is 5.64. The molecule has 0 aliphatic heterocycles. The molecule has 0 radical (unpaired) electrons. The Morgan fingerprint density at radius 2 is 2.00 bits per heavy atom. The summed E-state index contributed by atoms with van der Waals surface area (Å²) in [5, 5.41) is 8.37. The number of halogens is 1. The fourth-order valence-electron chi connectivity index (χ4n) is 0.561. The topological polar surface area (TPSA) is 54.4 Å². The fourth-order valence-corrected chi connectivity index (χ4v) is 0.561. The number of Topliss-reactive ketones (excluding diaryl/α,β-unsaturated/α-hetero) is 1. The number of carboxylic acid groups (broad SMARTS) is 1. The summed E-state index contributed by atoms with van der Waals surface area (Å²) in [5.74, 6) is -5.24. The standard InChI is InChI=1S/C8H5FO3/c9-6-4-2-1-3-5(6)7(10)8(11)12/h1-4H,(H,11,12)/i1D,2D,3D,4D,7+1,8+1. The number of rotatable bonds is 2. The van der Waals surface area contributed by atoms with Gasteiger partial charge in [0.25, 0.3) is 5.78 Å². The molecule has 1 aromatic rings. The van der Waals surface area contributed by atoms with E-state index in [9.17, 15) is 14.0 Å². The maximum atomic E-state index is 13.3. The van der Waals surface area contributed by atoms with Crippen LogP contribution in [0.25, 0.3) is 0 Å². The Kier molecular flexibility index (Phi) is 1.13. The van der Waals surface area contributed by atoms with E-state index >= 15 is 0 Å². The van der Waals surface area contributed by atoms with Gasteiger partial charge in [-0.3, -0.25) is 4.79 Å². The Morgan fingerprint density at radius 1 is 1.42 bits per heavy atom. The molecule has 0 atom stereocenters. The molecule has 4 heteroatoms. The number of aliphatic carboxylic acids is 1. The van der Waals surface area contributed by atoms with Crippen molar-refractivity contribution < 1.29 is 24.6 Å². The van der Waals surface area contributed by atoms with Gasteiger partial charge in [0.2, 0.25) is 0 Å². The first kappa shape index (κ1) is 4.35. The smallest absolute Gasteiger partial charge is 0.377 e. The van der Waals surface area contributed by atoms with Crippen molar-refractivity contribution in [2.24, 2.45) is 0 Å². The molecule has 3 nitrogen and oxygen atoms in total. The highest BCUT2D eigenvalue weighted by Gasteiger charge is 2.17. The molecule has 0 fully saturated rings. The molecule has 0 aliphatic rings.